The lowest BCUT2D eigenvalue weighted by Crippen LogP contribution is -2.41. The Bertz CT molecular complexity index is 1130. The molecule has 0 unspecified atom stereocenters. The third kappa shape index (κ3) is 4.66. The van der Waals surface area contributed by atoms with E-state index < -0.39 is 6.03 Å². The average molecular weight is 416 g/mol. The highest BCUT2D eigenvalue weighted by atomic mass is 16.2. The van der Waals surface area contributed by atoms with Crippen molar-refractivity contribution in [1.29, 1.82) is 0 Å². The van der Waals surface area contributed by atoms with Crippen LogP contribution in [-0.4, -0.2) is 35.8 Å². The van der Waals surface area contributed by atoms with Crippen LogP contribution in [0, 0.1) is 5.92 Å². The zero-order valence-electron chi connectivity index (χ0n) is 17.0. The maximum Gasteiger partial charge on any atom is 0.316 e. The van der Waals surface area contributed by atoms with Crippen LogP contribution in [-0.2, 0) is 4.79 Å². The molecule has 7 heteroatoms. The number of hydrogen-bond donors (Lipinski definition) is 3. The minimum Gasteiger partial charge on any atom is -0.351 e. The number of hydrogen-bond acceptors (Lipinski definition) is 3. The van der Waals surface area contributed by atoms with Gasteiger partial charge in [0.2, 0.25) is 5.91 Å². The Hall–Kier alpha value is -3.87. The topological polar surface area (TPSA) is 105 Å². The van der Waals surface area contributed by atoms with E-state index in [-0.39, 0.29) is 17.7 Å². The quantitative estimate of drug-likeness (QED) is 0.602. The number of carbonyl (C=O) groups excluding carboxylic acids is 3. The number of urea groups is 1. The number of benzene rings is 3. The Kier molecular flexibility index (Phi) is 5.84. The van der Waals surface area contributed by atoms with E-state index in [9.17, 15) is 14.4 Å². The SMILES string of the molecule is NC(=O)Nc1cccc(NC(=O)C2CCN(C(=O)c3cccc4ccccc34)CC2)c1. The van der Waals surface area contributed by atoms with Gasteiger partial charge in [0.1, 0.15) is 0 Å². The molecule has 7 nitrogen and oxygen atoms in total. The van der Waals surface area contributed by atoms with Crippen LogP contribution in [0.1, 0.15) is 23.2 Å². The summed E-state index contributed by atoms with van der Waals surface area (Å²) >= 11 is 0. The van der Waals surface area contributed by atoms with Gasteiger partial charge < -0.3 is 21.3 Å². The molecule has 0 atom stereocenters. The van der Waals surface area contributed by atoms with E-state index in [1.807, 2.05) is 47.4 Å². The zero-order chi connectivity index (χ0) is 21.8. The maximum atomic E-state index is 13.1. The predicted octanol–water partition coefficient (Wildman–Crippen LogP) is 3.82. The third-order valence-corrected chi connectivity index (χ3v) is 5.57. The number of nitrogens with zero attached hydrogens (tertiary/aromatic N) is 1. The van der Waals surface area contributed by atoms with Gasteiger partial charge in [-0.05, 0) is 47.9 Å². The van der Waals surface area contributed by atoms with Crippen LogP contribution in [0.2, 0.25) is 0 Å². The summed E-state index contributed by atoms with van der Waals surface area (Å²) in [5.74, 6) is -0.265. The lowest BCUT2D eigenvalue weighted by molar-refractivity contribution is -0.121. The molecule has 0 bridgehead atoms. The lowest BCUT2D eigenvalue weighted by Gasteiger charge is -2.31. The van der Waals surface area contributed by atoms with Gasteiger partial charge in [0, 0.05) is 35.9 Å². The number of rotatable bonds is 4. The fraction of sp³-hybridized carbons (Fsp3) is 0.208. The predicted molar refractivity (Wildman–Crippen MR) is 121 cm³/mol. The molecule has 0 aromatic heterocycles. The number of fused-ring (bicyclic) bond motifs is 1. The first-order chi connectivity index (χ1) is 15.0. The van der Waals surface area contributed by atoms with Crippen molar-refractivity contribution in [2.24, 2.45) is 11.7 Å². The van der Waals surface area contributed by atoms with Crippen LogP contribution in [0.3, 0.4) is 0 Å². The van der Waals surface area contributed by atoms with Gasteiger partial charge in [-0.25, -0.2) is 4.79 Å². The second-order valence-electron chi connectivity index (χ2n) is 7.65. The molecule has 1 aliphatic heterocycles. The number of anilines is 2. The summed E-state index contributed by atoms with van der Waals surface area (Å²) in [6.45, 7) is 1.06. The van der Waals surface area contributed by atoms with Gasteiger partial charge in [-0.1, -0.05) is 42.5 Å². The molecule has 31 heavy (non-hydrogen) atoms. The zero-order valence-corrected chi connectivity index (χ0v) is 17.0. The molecule has 3 aromatic carbocycles. The minimum atomic E-state index is -0.660. The van der Waals surface area contributed by atoms with Crippen LogP contribution in [0.4, 0.5) is 16.2 Å². The van der Waals surface area contributed by atoms with E-state index >= 15 is 0 Å². The Balaban J connectivity index is 1.37. The Morgan fingerprint density at radius 1 is 0.839 bits per heavy atom. The van der Waals surface area contributed by atoms with E-state index in [0.717, 1.165) is 10.8 Å². The molecule has 0 saturated carbocycles. The van der Waals surface area contributed by atoms with Gasteiger partial charge in [-0.2, -0.15) is 0 Å². The van der Waals surface area contributed by atoms with Crippen molar-refractivity contribution in [3.05, 3.63) is 72.3 Å². The summed E-state index contributed by atoms with van der Waals surface area (Å²) in [7, 11) is 0. The normalized spacial score (nSPS) is 14.3. The number of likely N-dealkylation sites (tertiary alicyclic amines) is 1. The molecule has 1 heterocycles. The second-order valence-corrected chi connectivity index (χ2v) is 7.65. The van der Waals surface area contributed by atoms with Gasteiger partial charge >= 0.3 is 6.03 Å². The molecule has 0 aliphatic carbocycles. The number of nitrogens with one attached hydrogen (secondary N) is 2. The summed E-state index contributed by atoms with van der Waals surface area (Å²) in [6.07, 6.45) is 1.20. The van der Waals surface area contributed by atoms with Crippen molar-refractivity contribution < 1.29 is 14.4 Å². The first-order valence-electron chi connectivity index (χ1n) is 10.3. The smallest absolute Gasteiger partial charge is 0.316 e. The van der Waals surface area contributed by atoms with Crippen LogP contribution in [0.15, 0.2) is 66.7 Å². The molecule has 0 radical (unpaired) electrons. The number of nitrogens with two attached hydrogens (primary N) is 1. The van der Waals surface area contributed by atoms with Gasteiger partial charge in [0.15, 0.2) is 0 Å². The fourth-order valence-electron chi connectivity index (χ4n) is 3.99. The highest BCUT2D eigenvalue weighted by Gasteiger charge is 2.28. The Labute approximate surface area is 180 Å². The van der Waals surface area contributed by atoms with Crippen LogP contribution in [0.5, 0.6) is 0 Å². The number of amides is 4. The second kappa shape index (κ2) is 8.87. The Morgan fingerprint density at radius 3 is 2.23 bits per heavy atom. The van der Waals surface area contributed by atoms with E-state index in [1.54, 1.807) is 24.3 Å². The first kappa shape index (κ1) is 20.4. The van der Waals surface area contributed by atoms with Crippen molar-refractivity contribution in [3.63, 3.8) is 0 Å². The Morgan fingerprint density at radius 2 is 1.48 bits per heavy atom. The minimum absolute atomic E-state index is 0.000820. The van der Waals surface area contributed by atoms with Crippen molar-refractivity contribution in [2.45, 2.75) is 12.8 Å². The summed E-state index contributed by atoms with van der Waals surface area (Å²) in [4.78, 5) is 38.6. The molecular formula is C24H24N4O3. The number of piperidine rings is 1. The lowest BCUT2D eigenvalue weighted by atomic mass is 9.94. The molecule has 4 rings (SSSR count). The third-order valence-electron chi connectivity index (χ3n) is 5.57. The molecule has 1 saturated heterocycles. The fourth-order valence-corrected chi connectivity index (χ4v) is 3.99. The largest absolute Gasteiger partial charge is 0.351 e. The van der Waals surface area contributed by atoms with Gasteiger partial charge in [-0.3, -0.25) is 9.59 Å². The molecule has 3 aromatic rings. The van der Waals surface area contributed by atoms with E-state index in [4.69, 9.17) is 5.73 Å². The molecule has 1 fully saturated rings. The maximum absolute atomic E-state index is 13.1. The van der Waals surface area contributed by atoms with Crippen molar-refractivity contribution >= 4 is 40.0 Å². The van der Waals surface area contributed by atoms with E-state index in [1.165, 1.54) is 0 Å². The van der Waals surface area contributed by atoms with E-state index in [2.05, 4.69) is 10.6 Å². The van der Waals surface area contributed by atoms with Gasteiger partial charge in [0.05, 0.1) is 0 Å². The van der Waals surface area contributed by atoms with Crippen LogP contribution in [0.25, 0.3) is 10.8 Å². The molecule has 0 spiro atoms. The van der Waals surface area contributed by atoms with Crippen LogP contribution < -0.4 is 16.4 Å². The van der Waals surface area contributed by atoms with Crippen molar-refractivity contribution in [2.75, 3.05) is 23.7 Å². The standard InChI is InChI=1S/C24H24N4O3/c25-24(31)27-19-8-4-7-18(15-19)26-22(29)17-11-13-28(14-12-17)23(30)21-10-3-6-16-5-1-2-9-20(16)21/h1-10,15,17H,11-14H2,(H,26,29)(H3,25,27,31). The molecule has 158 valence electrons. The van der Waals surface area contributed by atoms with Gasteiger partial charge in [0.25, 0.3) is 5.91 Å². The molecule has 1 aliphatic rings. The summed E-state index contributed by atoms with van der Waals surface area (Å²) in [5.41, 5.74) is 6.93. The molecular weight excluding hydrogens is 392 g/mol. The highest BCUT2D eigenvalue weighted by Crippen LogP contribution is 2.25. The summed E-state index contributed by atoms with van der Waals surface area (Å²) in [6, 6.07) is 19.8. The summed E-state index contributed by atoms with van der Waals surface area (Å²) in [5, 5.41) is 7.36. The summed E-state index contributed by atoms with van der Waals surface area (Å²) < 4.78 is 0. The highest BCUT2D eigenvalue weighted by molar-refractivity contribution is 6.07. The van der Waals surface area contributed by atoms with Crippen LogP contribution >= 0.6 is 0 Å². The molecule has 4 N–H and O–H groups in total. The molecule has 4 amide bonds. The number of primary amides is 1. The van der Waals surface area contributed by atoms with Crippen molar-refractivity contribution in [1.82, 2.24) is 4.90 Å². The number of carbonyl (C=O) groups is 3. The average Bonchev–Trinajstić information content (AvgIpc) is 2.78. The monoisotopic (exact) mass is 416 g/mol. The van der Waals surface area contributed by atoms with Crippen molar-refractivity contribution in [3.8, 4) is 0 Å². The first-order valence-corrected chi connectivity index (χ1v) is 10.3. The van der Waals surface area contributed by atoms with Gasteiger partial charge in [-0.15, -0.1) is 0 Å². The van der Waals surface area contributed by atoms with E-state index in [0.29, 0.717) is 42.9 Å².